The van der Waals surface area contributed by atoms with Gasteiger partial charge in [0.1, 0.15) is 10.8 Å². The molecular weight excluding hydrogens is 230 g/mol. The molecule has 1 aliphatic carbocycles. The number of rotatable bonds is 4. The lowest BCUT2D eigenvalue weighted by Crippen LogP contribution is -2.17. The molecule has 0 aromatic carbocycles. The number of nitrogens with zero attached hydrogens (tertiary/aromatic N) is 1. The molecule has 4 heteroatoms. The highest BCUT2D eigenvalue weighted by atomic mass is 32.1. The zero-order valence-corrected chi connectivity index (χ0v) is 11.0. The second-order valence-corrected chi connectivity index (χ2v) is 5.37. The fourth-order valence-electron chi connectivity index (χ4n) is 2.50. The predicted molar refractivity (Wildman–Crippen MR) is 75.1 cm³/mol. The van der Waals surface area contributed by atoms with Crippen LogP contribution in [0.2, 0.25) is 0 Å². The highest BCUT2D eigenvalue weighted by Crippen LogP contribution is 2.30. The summed E-state index contributed by atoms with van der Waals surface area (Å²) in [6.45, 7) is 3.29. The first kappa shape index (κ1) is 12.3. The number of aromatic nitrogens is 1. The lowest BCUT2D eigenvalue weighted by molar-refractivity contribution is 0.536. The Balaban J connectivity index is 1.97. The van der Waals surface area contributed by atoms with Crippen molar-refractivity contribution in [3.05, 3.63) is 23.9 Å². The minimum absolute atomic E-state index is 0.403. The van der Waals surface area contributed by atoms with Gasteiger partial charge in [-0.1, -0.05) is 25.6 Å². The molecule has 1 aromatic rings. The lowest BCUT2D eigenvalue weighted by atomic mass is 10.1. The third-order valence-corrected chi connectivity index (χ3v) is 3.65. The van der Waals surface area contributed by atoms with Crippen LogP contribution in [0, 0.1) is 11.8 Å². The Morgan fingerprint density at radius 2 is 2.41 bits per heavy atom. The molecule has 0 amide bonds. The molecule has 0 bridgehead atoms. The lowest BCUT2D eigenvalue weighted by Gasteiger charge is -2.13. The van der Waals surface area contributed by atoms with E-state index >= 15 is 0 Å². The molecule has 0 saturated heterocycles. The Hall–Kier alpha value is -1.16. The van der Waals surface area contributed by atoms with Crippen LogP contribution in [0.5, 0.6) is 0 Å². The molecule has 17 heavy (non-hydrogen) atoms. The highest BCUT2D eigenvalue weighted by molar-refractivity contribution is 7.80. The molecule has 92 valence electrons. The zero-order valence-electron chi connectivity index (χ0n) is 10.1. The Bertz CT molecular complexity index is 405. The van der Waals surface area contributed by atoms with Gasteiger partial charge in [0.2, 0.25) is 0 Å². The number of hydrogen-bond acceptors (Lipinski definition) is 3. The van der Waals surface area contributed by atoms with Gasteiger partial charge in [-0.2, -0.15) is 0 Å². The largest absolute Gasteiger partial charge is 0.389 e. The maximum absolute atomic E-state index is 5.67. The molecule has 0 spiro atoms. The number of hydrogen-bond donors (Lipinski definition) is 2. The summed E-state index contributed by atoms with van der Waals surface area (Å²) >= 11 is 5.02. The number of nitrogens with one attached hydrogen (secondary N) is 1. The molecule has 2 unspecified atom stereocenters. The van der Waals surface area contributed by atoms with Crippen LogP contribution in [0.1, 0.15) is 31.7 Å². The van der Waals surface area contributed by atoms with E-state index < -0.39 is 0 Å². The Labute approximate surface area is 108 Å². The van der Waals surface area contributed by atoms with Gasteiger partial charge in [-0.05, 0) is 36.8 Å². The smallest absolute Gasteiger partial charge is 0.136 e. The summed E-state index contributed by atoms with van der Waals surface area (Å²) in [6, 6.07) is 3.77. The minimum atomic E-state index is 0.403. The van der Waals surface area contributed by atoms with E-state index in [1.54, 1.807) is 6.20 Å². The van der Waals surface area contributed by atoms with Gasteiger partial charge in [-0.15, -0.1) is 0 Å². The van der Waals surface area contributed by atoms with E-state index in [1.807, 2.05) is 12.1 Å². The summed E-state index contributed by atoms with van der Waals surface area (Å²) in [5.41, 5.74) is 6.51. The van der Waals surface area contributed by atoms with Crippen molar-refractivity contribution >= 4 is 23.0 Å². The van der Waals surface area contributed by atoms with Crippen molar-refractivity contribution in [2.24, 2.45) is 17.6 Å². The van der Waals surface area contributed by atoms with E-state index in [9.17, 15) is 0 Å². The molecule has 2 rings (SSSR count). The van der Waals surface area contributed by atoms with Crippen molar-refractivity contribution in [2.45, 2.75) is 26.2 Å². The van der Waals surface area contributed by atoms with E-state index in [0.29, 0.717) is 4.99 Å². The first-order valence-electron chi connectivity index (χ1n) is 6.15. The summed E-state index contributed by atoms with van der Waals surface area (Å²) < 4.78 is 0. The SMILES string of the molecule is CC1CCC(CNc2ncccc2C(N)=S)C1. The van der Waals surface area contributed by atoms with Crippen LogP contribution in [0.15, 0.2) is 18.3 Å². The van der Waals surface area contributed by atoms with Crippen LogP contribution in [-0.4, -0.2) is 16.5 Å². The summed E-state index contributed by atoms with van der Waals surface area (Å²) in [4.78, 5) is 4.70. The maximum Gasteiger partial charge on any atom is 0.136 e. The summed E-state index contributed by atoms with van der Waals surface area (Å²) in [5.74, 6) is 2.44. The topological polar surface area (TPSA) is 50.9 Å². The number of nitrogens with two attached hydrogens (primary N) is 1. The van der Waals surface area contributed by atoms with Gasteiger partial charge < -0.3 is 11.1 Å². The van der Waals surface area contributed by atoms with E-state index in [1.165, 1.54) is 19.3 Å². The van der Waals surface area contributed by atoms with Crippen LogP contribution in [0.4, 0.5) is 5.82 Å². The van der Waals surface area contributed by atoms with Crippen molar-refractivity contribution in [2.75, 3.05) is 11.9 Å². The molecule has 3 nitrogen and oxygen atoms in total. The number of anilines is 1. The van der Waals surface area contributed by atoms with Gasteiger partial charge in [0, 0.05) is 12.7 Å². The van der Waals surface area contributed by atoms with Crippen molar-refractivity contribution in [3.63, 3.8) is 0 Å². The standard InChI is InChI=1S/C13H19N3S/c1-9-4-5-10(7-9)8-16-13-11(12(14)17)3-2-6-15-13/h2-3,6,9-10H,4-5,7-8H2,1H3,(H2,14,17)(H,15,16). The Morgan fingerprint density at radius 3 is 3.06 bits per heavy atom. The van der Waals surface area contributed by atoms with Gasteiger partial charge in [-0.3, -0.25) is 0 Å². The predicted octanol–water partition coefficient (Wildman–Crippen LogP) is 2.56. The van der Waals surface area contributed by atoms with Crippen LogP contribution in [0.25, 0.3) is 0 Å². The Morgan fingerprint density at radius 1 is 1.59 bits per heavy atom. The second kappa shape index (κ2) is 5.45. The third-order valence-electron chi connectivity index (χ3n) is 3.43. The monoisotopic (exact) mass is 249 g/mol. The van der Waals surface area contributed by atoms with E-state index in [0.717, 1.165) is 29.8 Å². The fraction of sp³-hybridized carbons (Fsp3) is 0.538. The molecule has 0 aliphatic heterocycles. The first-order valence-corrected chi connectivity index (χ1v) is 6.56. The van der Waals surface area contributed by atoms with Gasteiger partial charge in [-0.25, -0.2) is 4.98 Å². The van der Waals surface area contributed by atoms with E-state index in [4.69, 9.17) is 18.0 Å². The van der Waals surface area contributed by atoms with E-state index in [2.05, 4.69) is 17.2 Å². The minimum Gasteiger partial charge on any atom is -0.389 e. The van der Waals surface area contributed by atoms with Crippen LogP contribution < -0.4 is 11.1 Å². The molecule has 1 heterocycles. The van der Waals surface area contributed by atoms with E-state index in [-0.39, 0.29) is 0 Å². The zero-order chi connectivity index (χ0) is 12.3. The quantitative estimate of drug-likeness (QED) is 0.805. The fourth-order valence-corrected chi connectivity index (χ4v) is 2.66. The molecule has 1 aliphatic rings. The first-order chi connectivity index (χ1) is 8.16. The van der Waals surface area contributed by atoms with Crippen LogP contribution in [-0.2, 0) is 0 Å². The van der Waals surface area contributed by atoms with Gasteiger partial charge in [0.25, 0.3) is 0 Å². The van der Waals surface area contributed by atoms with Crippen molar-refractivity contribution in [3.8, 4) is 0 Å². The number of pyridine rings is 1. The van der Waals surface area contributed by atoms with Crippen molar-refractivity contribution in [1.29, 1.82) is 0 Å². The summed E-state index contributed by atoms with van der Waals surface area (Å²) in [6.07, 6.45) is 5.73. The van der Waals surface area contributed by atoms with Gasteiger partial charge in [0.15, 0.2) is 0 Å². The third kappa shape index (κ3) is 3.16. The Kier molecular flexibility index (Phi) is 3.94. The molecule has 3 N–H and O–H groups in total. The highest BCUT2D eigenvalue weighted by Gasteiger charge is 2.21. The molecule has 1 aromatic heterocycles. The maximum atomic E-state index is 5.67. The molecule has 0 radical (unpaired) electrons. The van der Waals surface area contributed by atoms with Gasteiger partial charge >= 0.3 is 0 Å². The average Bonchev–Trinajstić information content (AvgIpc) is 2.73. The van der Waals surface area contributed by atoms with Crippen LogP contribution >= 0.6 is 12.2 Å². The van der Waals surface area contributed by atoms with Crippen molar-refractivity contribution in [1.82, 2.24) is 4.98 Å². The summed E-state index contributed by atoms with van der Waals surface area (Å²) in [7, 11) is 0. The molecular formula is C13H19N3S. The molecule has 1 fully saturated rings. The molecule has 1 saturated carbocycles. The normalized spacial score (nSPS) is 23.6. The summed E-state index contributed by atoms with van der Waals surface area (Å²) in [5, 5.41) is 3.38. The van der Waals surface area contributed by atoms with Gasteiger partial charge in [0.05, 0.1) is 5.56 Å². The molecule has 2 atom stereocenters. The average molecular weight is 249 g/mol. The second-order valence-electron chi connectivity index (χ2n) is 4.93. The van der Waals surface area contributed by atoms with Crippen molar-refractivity contribution < 1.29 is 0 Å². The number of thiocarbonyl (C=S) groups is 1. The van der Waals surface area contributed by atoms with Crippen LogP contribution in [0.3, 0.4) is 0 Å².